The van der Waals surface area contributed by atoms with Crippen molar-refractivity contribution in [2.75, 3.05) is 20.1 Å². The van der Waals surface area contributed by atoms with Gasteiger partial charge in [-0.25, -0.2) is 0 Å². The van der Waals surface area contributed by atoms with Crippen LogP contribution in [0.2, 0.25) is 0 Å². The zero-order valence-electron chi connectivity index (χ0n) is 19.6. The van der Waals surface area contributed by atoms with Gasteiger partial charge in [0.15, 0.2) is 0 Å². The summed E-state index contributed by atoms with van der Waals surface area (Å²) in [5.74, 6) is -0.125. The molecule has 2 saturated heterocycles. The van der Waals surface area contributed by atoms with E-state index in [4.69, 9.17) is 0 Å². The second-order valence-corrected chi connectivity index (χ2v) is 9.21. The predicted molar refractivity (Wildman–Crippen MR) is 124 cm³/mol. The molecule has 2 fully saturated rings. The summed E-state index contributed by atoms with van der Waals surface area (Å²) >= 11 is 0. The summed E-state index contributed by atoms with van der Waals surface area (Å²) in [5, 5.41) is 5.92. The molecule has 35 heavy (non-hydrogen) atoms. The van der Waals surface area contributed by atoms with E-state index in [1.165, 1.54) is 12.1 Å². The smallest absolute Gasteiger partial charge is 0.353 e. The van der Waals surface area contributed by atoms with Crippen LogP contribution in [0.1, 0.15) is 36.0 Å². The number of halogens is 3. The Morgan fingerprint density at radius 2 is 1.97 bits per heavy atom. The molecule has 2 aliphatic heterocycles. The van der Waals surface area contributed by atoms with Gasteiger partial charge in [0.1, 0.15) is 6.04 Å². The van der Waals surface area contributed by atoms with E-state index in [1.54, 1.807) is 12.4 Å². The third kappa shape index (κ3) is 6.18. The Hall–Kier alpha value is -2.98. The van der Waals surface area contributed by atoms with E-state index in [9.17, 15) is 22.8 Å². The number of pyridine rings is 1. The normalized spacial score (nSPS) is 23.4. The molecule has 3 atom stereocenters. The lowest BCUT2D eigenvalue weighted by Gasteiger charge is -2.33. The molecule has 7 nitrogen and oxygen atoms in total. The lowest BCUT2D eigenvalue weighted by molar-refractivity contribution is -0.137. The van der Waals surface area contributed by atoms with Gasteiger partial charge in [-0.1, -0.05) is 18.2 Å². The number of likely N-dealkylation sites (N-methyl/N-ethyl adjacent to an activating group) is 1. The summed E-state index contributed by atoms with van der Waals surface area (Å²) < 4.78 is 38.6. The molecule has 2 aromatic rings. The Morgan fingerprint density at radius 1 is 1.20 bits per heavy atom. The van der Waals surface area contributed by atoms with Gasteiger partial charge in [0.25, 0.3) is 0 Å². The van der Waals surface area contributed by atoms with E-state index in [1.807, 2.05) is 24.1 Å². The molecule has 2 N–H and O–H groups in total. The largest absolute Gasteiger partial charge is 0.416 e. The highest BCUT2D eigenvalue weighted by Gasteiger charge is 2.45. The summed E-state index contributed by atoms with van der Waals surface area (Å²) in [5.41, 5.74) is 0.988. The number of carbonyl (C=O) groups excluding carboxylic acids is 2. The van der Waals surface area contributed by atoms with E-state index in [0.29, 0.717) is 39.0 Å². The first-order chi connectivity index (χ1) is 16.7. The van der Waals surface area contributed by atoms with Crippen LogP contribution in [0.4, 0.5) is 13.2 Å². The van der Waals surface area contributed by atoms with Crippen LogP contribution in [0.5, 0.6) is 0 Å². The number of aromatic nitrogens is 1. The SMILES string of the molecule is CN1C(CCC(=O)NCc2cccnc2)CNC(=O)C2C1CCN2Cc1ccc(C(F)(F)F)cc1. The fourth-order valence-electron chi connectivity index (χ4n) is 4.95. The Balaban J connectivity index is 1.33. The molecule has 3 unspecified atom stereocenters. The van der Waals surface area contributed by atoms with Crippen molar-refractivity contribution in [3.05, 3.63) is 65.5 Å². The van der Waals surface area contributed by atoms with E-state index >= 15 is 0 Å². The molecular weight excluding hydrogens is 459 g/mol. The quantitative estimate of drug-likeness (QED) is 0.625. The topological polar surface area (TPSA) is 77.6 Å². The number of nitrogens with one attached hydrogen (secondary N) is 2. The lowest BCUT2D eigenvalue weighted by atomic mass is 10.0. The number of benzene rings is 1. The number of alkyl halides is 3. The minimum absolute atomic E-state index is 0.0177. The number of hydrogen-bond donors (Lipinski definition) is 2. The van der Waals surface area contributed by atoms with Gasteiger partial charge in [-0.05, 0) is 49.2 Å². The first-order valence-electron chi connectivity index (χ1n) is 11.8. The Labute approximate surface area is 202 Å². The summed E-state index contributed by atoms with van der Waals surface area (Å²) in [4.78, 5) is 33.6. The number of likely N-dealkylation sites (tertiary alicyclic amines) is 1. The minimum atomic E-state index is -4.37. The molecule has 3 heterocycles. The minimum Gasteiger partial charge on any atom is -0.353 e. The van der Waals surface area contributed by atoms with Gasteiger partial charge >= 0.3 is 6.18 Å². The van der Waals surface area contributed by atoms with Gasteiger partial charge in [0.2, 0.25) is 11.8 Å². The highest BCUT2D eigenvalue weighted by Crippen LogP contribution is 2.31. The first-order valence-corrected chi connectivity index (χ1v) is 11.8. The highest BCUT2D eigenvalue weighted by molar-refractivity contribution is 5.83. The molecule has 10 heteroatoms. The number of fused-ring (bicyclic) bond motifs is 1. The zero-order chi connectivity index (χ0) is 25.0. The Kier molecular flexibility index (Phi) is 7.71. The van der Waals surface area contributed by atoms with Crippen molar-refractivity contribution in [3.8, 4) is 0 Å². The molecule has 2 amide bonds. The van der Waals surface area contributed by atoms with Gasteiger partial charge in [-0.2, -0.15) is 13.2 Å². The summed E-state index contributed by atoms with van der Waals surface area (Å²) in [7, 11) is 1.98. The van der Waals surface area contributed by atoms with Crippen molar-refractivity contribution < 1.29 is 22.8 Å². The number of amides is 2. The first kappa shape index (κ1) is 25.1. The van der Waals surface area contributed by atoms with Crippen molar-refractivity contribution in [2.24, 2.45) is 0 Å². The predicted octanol–water partition coefficient (Wildman–Crippen LogP) is 2.57. The molecule has 4 rings (SSSR count). The van der Waals surface area contributed by atoms with Gasteiger partial charge in [0, 0.05) is 57.1 Å². The maximum atomic E-state index is 13.0. The van der Waals surface area contributed by atoms with E-state index in [-0.39, 0.29) is 29.9 Å². The monoisotopic (exact) mass is 489 g/mol. The van der Waals surface area contributed by atoms with Crippen molar-refractivity contribution in [3.63, 3.8) is 0 Å². The molecule has 1 aromatic carbocycles. The number of rotatable bonds is 7. The maximum absolute atomic E-state index is 13.0. The van der Waals surface area contributed by atoms with Gasteiger partial charge in [-0.3, -0.25) is 24.4 Å². The van der Waals surface area contributed by atoms with Crippen LogP contribution >= 0.6 is 0 Å². The van der Waals surface area contributed by atoms with Crippen LogP contribution in [0.25, 0.3) is 0 Å². The van der Waals surface area contributed by atoms with Crippen molar-refractivity contribution in [2.45, 2.75) is 56.7 Å². The molecular formula is C25H30F3N5O2. The van der Waals surface area contributed by atoms with Crippen LogP contribution in [0.15, 0.2) is 48.8 Å². The fraction of sp³-hybridized carbons (Fsp3) is 0.480. The standard InChI is InChI=1S/C25H30F3N5O2/c1-32-20(8-9-22(34)30-14-18-3-2-11-29-13-18)15-31-24(35)23-21(32)10-12-33(23)16-17-4-6-19(7-5-17)25(26,27)28/h2-7,11,13,20-21,23H,8-10,12,14-16H2,1H3,(H,30,34)(H,31,35). The number of carbonyl (C=O) groups is 2. The van der Waals surface area contributed by atoms with Crippen molar-refractivity contribution in [1.29, 1.82) is 0 Å². The highest BCUT2D eigenvalue weighted by atomic mass is 19.4. The summed E-state index contributed by atoms with van der Waals surface area (Å²) in [6, 6.07) is 8.45. The maximum Gasteiger partial charge on any atom is 0.416 e. The number of nitrogens with zero attached hydrogens (tertiary/aromatic N) is 3. The third-order valence-electron chi connectivity index (χ3n) is 6.93. The van der Waals surface area contributed by atoms with E-state index < -0.39 is 11.7 Å². The average Bonchev–Trinajstić information content (AvgIpc) is 3.21. The molecule has 0 radical (unpaired) electrons. The molecule has 188 valence electrons. The molecule has 0 spiro atoms. The van der Waals surface area contributed by atoms with Crippen LogP contribution in [-0.4, -0.2) is 64.9 Å². The number of hydrogen-bond acceptors (Lipinski definition) is 5. The Morgan fingerprint density at radius 3 is 2.66 bits per heavy atom. The molecule has 1 aromatic heterocycles. The summed E-state index contributed by atoms with van der Waals surface area (Å²) in [6.45, 7) is 1.95. The molecule has 0 aliphatic carbocycles. The zero-order valence-corrected chi connectivity index (χ0v) is 19.6. The van der Waals surface area contributed by atoms with Crippen LogP contribution < -0.4 is 10.6 Å². The van der Waals surface area contributed by atoms with Crippen molar-refractivity contribution in [1.82, 2.24) is 25.4 Å². The second-order valence-electron chi connectivity index (χ2n) is 9.21. The van der Waals surface area contributed by atoms with Gasteiger partial charge < -0.3 is 10.6 Å². The molecule has 2 aliphatic rings. The fourth-order valence-corrected chi connectivity index (χ4v) is 4.95. The van der Waals surface area contributed by atoms with Gasteiger partial charge in [-0.15, -0.1) is 0 Å². The Bertz CT molecular complexity index is 1020. The van der Waals surface area contributed by atoms with Gasteiger partial charge in [0.05, 0.1) is 5.56 Å². The van der Waals surface area contributed by atoms with E-state index in [2.05, 4.69) is 20.5 Å². The molecule has 0 saturated carbocycles. The lowest BCUT2D eigenvalue weighted by Crippen LogP contribution is -2.49. The summed E-state index contributed by atoms with van der Waals surface area (Å²) in [6.07, 6.45) is 0.758. The van der Waals surface area contributed by atoms with Crippen LogP contribution in [0.3, 0.4) is 0 Å². The molecule has 0 bridgehead atoms. The van der Waals surface area contributed by atoms with Crippen LogP contribution in [-0.2, 0) is 28.9 Å². The second kappa shape index (κ2) is 10.7. The van der Waals surface area contributed by atoms with E-state index in [0.717, 1.165) is 29.7 Å². The average molecular weight is 490 g/mol. The van der Waals surface area contributed by atoms with Crippen molar-refractivity contribution >= 4 is 11.8 Å². The van der Waals surface area contributed by atoms with Crippen LogP contribution in [0, 0.1) is 0 Å². The third-order valence-corrected chi connectivity index (χ3v) is 6.93.